The van der Waals surface area contributed by atoms with E-state index in [1.54, 1.807) is 30.7 Å². The van der Waals surface area contributed by atoms with Crippen molar-refractivity contribution >= 4 is 29.1 Å². The van der Waals surface area contributed by atoms with E-state index in [1.807, 2.05) is 10.8 Å². The van der Waals surface area contributed by atoms with Gasteiger partial charge in [-0.1, -0.05) is 29.3 Å². The van der Waals surface area contributed by atoms with E-state index in [0.29, 0.717) is 22.2 Å². The molecule has 0 radical (unpaired) electrons. The van der Waals surface area contributed by atoms with E-state index < -0.39 is 0 Å². The standard InChI is InChI=1S/C14H15Cl2N3O/c15-12-5-3-4-11(13(12)16)14(20)18-6-1-2-8-19-9-7-17-10-19/h3-5,7,9-10H,1-2,6,8H2,(H,18,20). The molecule has 4 nitrogen and oxygen atoms in total. The lowest BCUT2D eigenvalue weighted by molar-refractivity contribution is 0.0953. The van der Waals surface area contributed by atoms with Crippen molar-refractivity contribution in [1.29, 1.82) is 0 Å². The molecule has 0 bridgehead atoms. The molecule has 6 heteroatoms. The molecule has 1 N–H and O–H groups in total. The van der Waals surface area contributed by atoms with Gasteiger partial charge >= 0.3 is 0 Å². The molecule has 0 unspecified atom stereocenters. The summed E-state index contributed by atoms with van der Waals surface area (Å²) >= 11 is 11.9. The van der Waals surface area contributed by atoms with Crippen molar-refractivity contribution in [2.75, 3.05) is 6.54 Å². The van der Waals surface area contributed by atoms with Crippen LogP contribution in [0.3, 0.4) is 0 Å². The van der Waals surface area contributed by atoms with Crippen molar-refractivity contribution in [3.05, 3.63) is 52.5 Å². The van der Waals surface area contributed by atoms with Gasteiger partial charge in [-0.15, -0.1) is 0 Å². The average Bonchev–Trinajstić information content (AvgIpc) is 2.94. The zero-order chi connectivity index (χ0) is 14.4. The number of imidazole rings is 1. The number of carbonyl (C=O) groups is 1. The highest BCUT2D eigenvalue weighted by molar-refractivity contribution is 6.43. The summed E-state index contributed by atoms with van der Waals surface area (Å²) in [5, 5.41) is 3.52. The molecule has 1 heterocycles. The van der Waals surface area contributed by atoms with Gasteiger partial charge in [-0.25, -0.2) is 4.98 Å². The molecule has 106 valence electrons. The number of halogens is 2. The van der Waals surface area contributed by atoms with Gasteiger partial charge in [0.05, 0.1) is 21.9 Å². The Hall–Kier alpha value is -1.52. The van der Waals surface area contributed by atoms with Gasteiger partial charge in [0.25, 0.3) is 5.91 Å². The van der Waals surface area contributed by atoms with Crippen LogP contribution in [0.4, 0.5) is 0 Å². The molecular formula is C14H15Cl2N3O. The summed E-state index contributed by atoms with van der Waals surface area (Å²) in [6, 6.07) is 5.03. The molecule has 1 aromatic heterocycles. The van der Waals surface area contributed by atoms with E-state index in [0.717, 1.165) is 19.4 Å². The summed E-state index contributed by atoms with van der Waals surface area (Å²) in [6.07, 6.45) is 7.32. The fraction of sp³-hybridized carbons (Fsp3) is 0.286. The van der Waals surface area contributed by atoms with Gasteiger partial charge in [0.15, 0.2) is 0 Å². The average molecular weight is 312 g/mol. The lowest BCUT2D eigenvalue weighted by Crippen LogP contribution is -2.25. The zero-order valence-electron chi connectivity index (χ0n) is 10.9. The predicted molar refractivity (Wildman–Crippen MR) is 80.3 cm³/mol. The lowest BCUT2D eigenvalue weighted by atomic mass is 10.2. The Morgan fingerprint density at radius 3 is 2.90 bits per heavy atom. The Bertz CT molecular complexity index is 570. The third-order valence-corrected chi connectivity index (χ3v) is 3.70. The molecule has 0 spiro atoms. The first-order chi connectivity index (χ1) is 9.68. The normalized spacial score (nSPS) is 10.5. The van der Waals surface area contributed by atoms with Crippen LogP contribution < -0.4 is 5.32 Å². The van der Waals surface area contributed by atoms with Crippen molar-refractivity contribution in [2.45, 2.75) is 19.4 Å². The van der Waals surface area contributed by atoms with E-state index in [1.165, 1.54) is 0 Å². The number of hydrogen-bond acceptors (Lipinski definition) is 2. The second-order valence-electron chi connectivity index (χ2n) is 4.36. The molecule has 0 saturated heterocycles. The third kappa shape index (κ3) is 3.99. The second-order valence-corrected chi connectivity index (χ2v) is 5.15. The number of nitrogens with zero attached hydrogens (tertiary/aromatic N) is 2. The van der Waals surface area contributed by atoms with Crippen molar-refractivity contribution in [3.8, 4) is 0 Å². The summed E-state index contributed by atoms with van der Waals surface area (Å²) in [5.41, 5.74) is 0.411. The fourth-order valence-corrected chi connectivity index (χ4v) is 2.20. The molecule has 0 saturated carbocycles. The van der Waals surface area contributed by atoms with Crippen LogP contribution in [-0.2, 0) is 6.54 Å². The number of rotatable bonds is 6. The van der Waals surface area contributed by atoms with E-state index in [9.17, 15) is 4.79 Å². The van der Waals surface area contributed by atoms with Crippen molar-refractivity contribution < 1.29 is 4.79 Å². The van der Waals surface area contributed by atoms with Gasteiger partial charge in [0.2, 0.25) is 0 Å². The number of nitrogens with one attached hydrogen (secondary N) is 1. The molecule has 0 aliphatic carbocycles. The highest BCUT2D eigenvalue weighted by Crippen LogP contribution is 2.25. The Labute approximate surface area is 127 Å². The van der Waals surface area contributed by atoms with Crippen LogP contribution in [0.15, 0.2) is 36.9 Å². The van der Waals surface area contributed by atoms with E-state index >= 15 is 0 Å². The summed E-state index contributed by atoms with van der Waals surface area (Å²) in [6.45, 7) is 1.50. The van der Waals surface area contributed by atoms with Gasteiger partial charge in [-0.3, -0.25) is 4.79 Å². The highest BCUT2D eigenvalue weighted by atomic mass is 35.5. The number of benzene rings is 1. The van der Waals surface area contributed by atoms with Gasteiger partial charge in [0, 0.05) is 25.5 Å². The minimum absolute atomic E-state index is 0.194. The first kappa shape index (κ1) is 14.9. The van der Waals surface area contributed by atoms with Crippen molar-refractivity contribution in [3.63, 3.8) is 0 Å². The molecule has 0 fully saturated rings. The van der Waals surface area contributed by atoms with E-state index in [4.69, 9.17) is 23.2 Å². The Balaban J connectivity index is 1.74. The number of aromatic nitrogens is 2. The predicted octanol–water partition coefficient (Wildman–Crippen LogP) is 3.40. The van der Waals surface area contributed by atoms with Crippen LogP contribution in [0.25, 0.3) is 0 Å². The quantitative estimate of drug-likeness (QED) is 0.831. The lowest BCUT2D eigenvalue weighted by Gasteiger charge is -2.07. The van der Waals surface area contributed by atoms with Crippen LogP contribution in [0.2, 0.25) is 10.0 Å². The first-order valence-corrected chi connectivity index (χ1v) is 7.12. The Kier molecular flexibility index (Phi) is 5.44. The second kappa shape index (κ2) is 7.31. The molecule has 1 aromatic carbocycles. The summed E-state index contributed by atoms with van der Waals surface area (Å²) < 4.78 is 2.01. The maximum absolute atomic E-state index is 11.9. The minimum atomic E-state index is -0.194. The van der Waals surface area contributed by atoms with Gasteiger partial charge in [-0.05, 0) is 25.0 Å². The van der Waals surface area contributed by atoms with E-state index in [-0.39, 0.29) is 5.91 Å². The molecule has 0 atom stereocenters. The smallest absolute Gasteiger partial charge is 0.252 e. The maximum Gasteiger partial charge on any atom is 0.252 e. The molecule has 1 amide bonds. The number of hydrogen-bond donors (Lipinski definition) is 1. The summed E-state index contributed by atoms with van der Waals surface area (Å²) in [7, 11) is 0. The maximum atomic E-state index is 11.9. The zero-order valence-corrected chi connectivity index (χ0v) is 12.4. The van der Waals surface area contributed by atoms with Crippen LogP contribution in [-0.4, -0.2) is 22.0 Å². The van der Waals surface area contributed by atoms with Crippen molar-refractivity contribution in [2.24, 2.45) is 0 Å². The van der Waals surface area contributed by atoms with Gasteiger partial charge < -0.3 is 9.88 Å². The molecule has 0 aliphatic rings. The summed E-state index contributed by atoms with van der Waals surface area (Å²) in [5.74, 6) is -0.194. The van der Waals surface area contributed by atoms with Crippen LogP contribution in [0, 0.1) is 0 Å². The van der Waals surface area contributed by atoms with Gasteiger partial charge in [-0.2, -0.15) is 0 Å². The SMILES string of the molecule is O=C(NCCCCn1ccnc1)c1cccc(Cl)c1Cl. The van der Waals surface area contributed by atoms with Crippen LogP contribution >= 0.6 is 23.2 Å². The van der Waals surface area contributed by atoms with Crippen LogP contribution in [0.5, 0.6) is 0 Å². The summed E-state index contributed by atoms with van der Waals surface area (Å²) in [4.78, 5) is 15.9. The molecule has 2 rings (SSSR count). The largest absolute Gasteiger partial charge is 0.352 e. The first-order valence-electron chi connectivity index (χ1n) is 6.36. The molecule has 20 heavy (non-hydrogen) atoms. The Morgan fingerprint density at radius 1 is 1.30 bits per heavy atom. The van der Waals surface area contributed by atoms with E-state index in [2.05, 4.69) is 10.3 Å². The number of aryl methyl sites for hydroxylation is 1. The number of unbranched alkanes of at least 4 members (excludes halogenated alkanes) is 1. The van der Waals surface area contributed by atoms with Crippen LogP contribution in [0.1, 0.15) is 23.2 Å². The number of carbonyl (C=O) groups excluding carboxylic acids is 1. The van der Waals surface area contributed by atoms with Gasteiger partial charge in [0.1, 0.15) is 0 Å². The Morgan fingerprint density at radius 2 is 2.15 bits per heavy atom. The minimum Gasteiger partial charge on any atom is -0.352 e. The fourth-order valence-electron chi connectivity index (χ4n) is 1.81. The topological polar surface area (TPSA) is 46.9 Å². The molecule has 0 aliphatic heterocycles. The molecular weight excluding hydrogens is 297 g/mol. The monoisotopic (exact) mass is 311 g/mol. The molecule has 2 aromatic rings. The third-order valence-electron chi connectivity index (χ3n) is 2.88. The number of amides is 1. The highest BCUT2D eigenvalue weighted by Gasteiger charge is 2.11. The van der Waals surface area contributed by atoms with Crippen molar-refractivity contribution in [1.82, 2.24) is 14.9 Å².